The zero-order chi connectivity index (χ0) is 77.9. The molecule has 0 fully saturated rings. The number of alkyl halides is 12. The van der Waals surface area contributed by atoms with Gasteiger partial charge < -0.3 is 20.1 Å². The molecule has 2 heterocycles. The average Bonchev–Trinajstić information content (AvgIpc) is 1.09. The van der Waals surface area contributed by atoms with Gasteiger partial charge in [-0.25, -0.2) is 9.97 Å². The van der Waals surface area contributed by atoms with E-state index < -0.39 is 70.0 Å². The van der Waals surface area contributed by atoms with Crippen LogP contribution in [-0.2, 0) is 23.7 Å². The van der Waals surface area contributed by atoms with Crippen molar-refractivity contribution in [2.45, 2.75) is 76.1 Å². The maximum Gasteiger partial charge on any atom is 0.411 e. The highest BCUT2D eigenvalue weighted by Crippen LogP contribution is 2.59. The lowest BCUT2D eigenvalue weighted by Gasteiger charge is -2.39. The minimum Gasteiger partial charge on any atom is -0.457 e. The molecule has 10 nitrogen and oxygen atoms in total. The number of rotatable bonds is 20. The smallest absolute Gasteiger partial charge is 0.411 e. The Balaban J connectivity index is 0.000000193. The Kier molecular flexibility index (Phi) is 20.9. The van der Waals surface area contributed by atoms with E-state index in [4.69, 9.17) is 9.47 Å². The van der Waals surface area contributed by atoms with Crippen LogP contribution >= 0.6 is 0 Å². The number of aromatic nitrogens is 4. The highest BCUT2D eigenvalue weighted by molar-refractivity contribution is 5.98. The van der Waals surface area contributed by atoms with Gasteiger partial charge in [-0.1, -0.05) is 134 Å². The van der Waals surface area contributed by atoms with Crippen LogP contribution in [0.4, 0.5) is 75.4 Å². The SMILES string of the molecule is CCc1cc(C(c2ccc(Nc3ccccc3)c(CC(=O)c3ccc(Oc4ccc(C(C)=O)cc4)cc3)c2)(C(F)(F)F)C(F)(F)F)ccc1Nc1ccccc1.Cc1ccc(Oc2ccc(-c3nc4cc(C(c5ccc6c(c5)nc(C)n6-c5ccccc5)(C(F)(F)F)C(F)(F)F)ccc4n3-c3ccccc3)cc2)cc1. The van der Waals surface area contributed by atoms with Gasteiger partial charge in [0.05, 0.1) is 22.1 Å². The lowest BCUT2D eigenvalue weighted by atomic mass is 9.71. The van der Waals surface area contributed by atoms with Crippen molar-refractivity contribution in [3.05, 3.63) is 347 Å². The topological polar surface area (TPSA) is 112 Å². The van der Waals surface area contributed by atoms with Gasteiger partial charge in [-0.2, -0.15) is 52.7 Å². The number of aryl methyl sites for hydroxylation is 3. The standard InChI is InChI=1S/C45H36F6N2O3.C43H30F6N4O/c1-3-30-26-34(18-24-40(30)52-36-10-6-4-7-11-36)43(44(46,47)48,45(49,50)51)35-19-25-41(53-37-12-8-5-9-13-37)33(27-35)28-42(55)32-16-22-39(23-17-32)56-38-20-14-31(15-21-38)29(2)54;1-27-13-19-34(20-14-27)54-35-21-15-29(16-22-35)40-51-37-26-31(18-24-39(37)53(40)33-11-7-4-8-12-33)41(42(44,45)46,43(47,48)49)30-17-23-38-36(25-30)50-28(2)52(38)32-9-5-3-6-10-32/h4-27,52-53H,3,28H2,1-2H3;3-26H,1-2H3. The largest absolute Gasteiger partial charge is 0.457 e. The third-order valence-corrected chi connectivity index (χ3v) is 19.0. The molecule has 0 saturated heterocycles. The number of benzene rings is 12. The molecule has 14 rings (SSSR count). The number of Topliss-reactive ketones (excluding diaryl/α,β-unsaturated/α-hetero) is 2. The molecule has 0 spiro atoms. The molecule has 22 heteroatoms. The quantitative estimate of drug-likeness (QED) is 0.0573. The molecule has 556 valence electrons. The second-order valence-electron chi connectivity index (χ2n) is 26.2. The van der Waals surface area contributed by atoms with Crippen molar-refractivity contribution in [2.75, 3.05) is 10.6 Å². The van der Waals surface area contributed by atoms with E-state index >= 15 is 52.7 Å². The molecule has 0 bridgehead atoms. The van der Waals surface area contributed by atoms with Crippen molar-refractivity contribution in [3.63, 3.8) is 0 Å². The minimum absolute atomic E-state index is 0.00162. The number of imidazole rings is 2. The molecule has 14 aromatic rings. The van der Waals surface area contributed by atoms with E-state index in [-0.39, 0.29) is 45.6 Å². The maximum atomic E-state index is 15.4. The van der Waals surface area contributed by atoms with Gasteiger partial charge in [0.2, 0.25) is 10.8 Å². The van der Waals surface area contributed by atoms with Crippen LogP contribution < -0.4 is 20.1 Å². The Labute approximate surface area is 623 Å². The normalized spacial score (nSPS) is 12.1. The summed E-state index contributed by atoms with van der Waals surface area (Å²) >= 11 is 0. The number of nitrogens with one attached hydrogen (secondary N) is 2. The number of ketones is 2. The molecular weight excluding hydrogens is 1430 g/mol. The zero-order valence-electron chi connectivity index (χ0n) is 59.1. The summed E-state index contributed by atoms with van der Waals surface area (Å²) in [6.07, 6.45) is -23.7. The van der Waals surface area contributed by atoms with Crippen LogP contribution in [0.25, 0.3) is 44.8 Å². The highest BCUT2D eigenvalue weighted by Gasteiger charge is 2.74. The fourth-order valence-electron chi connectivity index (χ4n) is 13.6. The van der Waals surface area contributed by atoms with Crippen molar-refractivity contribution in [2.24, 2.45) is 0 Å². The van der Waals surface area contributed by atoms with E-state index in [0.717, 1.165) is 60.2 Å². The molecule has 0 aliphatic carbocycles. The number of hydrogen-bond donors (Lipinski definition) is 2. The van der Waals surface area contributed by atoms with Crippen molar-refractivity contribution < 1.29 is 71.7 Å². The summed E-state index contributed by atoms with van der Waals surface area (Å²) in [5, 5.41) is 6.15. The first-order chi connectivity index (χ1) is 52.5. The van der Waals surface area contributed by atoms with E-state index in [2.05, 4.69) is 20.6 Å². The third kappa shape index (κ3) is 15.0. The van der Waals surface area contributed by atoms with Gasteiger partial charge in [-0.05, 0) is 230 Å². The van der Waals surface area contributed by atoms with Crippen LogP contribution in [0.5, 0.6) is 23.0 Å². The first kappa shape index (κ1) is 75.5. The van der Waals surface area contributed by atoms with Crippen LogP contribution in [0, 0.1) is 13.8 Å². The first-order valence-electron chi connectivity index (χ1n) is 34.6. The van der Waals surface area contributed by atoms with Crippen molar-refractivity contribution >= 4 is 56.4 Å². The molecule has 0 aliphatic heterocycles. The molecule has 2 aromatic heterocycles. The van der Waals surface area contributed by atoms with E-state index in [9.17, 15) is 9.59 Å². The summed E-state index contributed by atoms with van der Waals surface area (Å²) in [5.74, 6) is 2.05. The van der Waals surface area contributed by atoms with Crippen LogP contribution in [0.3, 0.4) is 0 Å². The fourth-order valence-corrected chi connectivity index (χ4v) is 13.6. The van der Waals surface area contributed by atoms with Crippen LogP contribution in [0.15, 0.2) is 291 Å². The second kappa shape index (κ2) is 30.5. The molecule has 0 unspecified atom stereocenters. The van der Waals surface area contributed by atoms with Crippen molar-refractivity contribution in [3.8, 4) is 45.8 Å². The maximum absolute atomic E-state index is 15.4. The number of carbonyl (C=O) groups is 2. The lowest BCUT2D eigenvalue weighted by Crippen LogP contribution is -2.54. The van der Waals surface area contributed by atoms with Crippen molar-refractivity contribution in [1.29, 1.82) is 0 Å². The number of ether oxygens (including phenoxy) is 2. The summed E-state index contributed by atoms with van der Waals surface area (Å²) in [6, 6.07) is 74.0. The zero-order valence-corrected chi connectivity index (χ0v) is 59.1. The van der Waals surface area contributed by atoms with Gasteiger partial charge >= 0.3 is 24.7 Å². The monoisotopic (exact) mass is 1500 g/mol. The van der Waals surface area contributed by atoms with Gasteiger partial charge in [0, 0.05) is 57.2 Å². The molecule has 2 N–H and O–H groups in total. The summed E-state index contributed by atoms with van der Waals surface area (Å²) < 4.78 is 200. The summed E-state index contributed by atoms with van der Waals surface area (Å²) in [5.41, 5.74) is -6.84. The molecule has 110 heavy (non-hydrogen) atoms. The predicted molar refractivity (Wildman–Crippen MR) is 402 cm³/mol. The Morgan fingerprint density at radius 3 is 1.19 bits per heavy atom. The third-order valence-electron chi connectivity index (χ3n) is 19.0. The molecular formula is C88H66F12N6O4. The van der Waals surface area contributed by atoms with E-state index in [0.29, 0.717) is 85.2 Å². The number of nitrogens with zero attached hydrogens (tertiary/aromatic N) is 4. The molecule has 0 amide bonds. The second-order valence-corrected chi connectivity index (χ2v) is 26.2. The Hall–Kier alpha value is -12.7. The van der Waals surface area contributed by atoms with Crippen LogP contribution in [0.1, 0.15) is 79.3 Å². The number of fused-ring (bicyclic) bond motifs is 2. The van der Waals surface area contributed by atoms with Gasteiger partial charge in [0.15, 0.2) is 11.6 Å². The van der Waals surface area contributed by atoms with Crippen LogP contribution in [-0.4, -0.2) is 55.4 Å². The Bertz CT molecular complexity index is 5590. The Morgan fingerprint density at radius 2 is 0.755 bits per heavy atom. The van der Waals surface area contributed by atoms with Crippen molar-refractivity contribution in [1.82, 2.24) is 19.1 Å². The van der Waals surface area contributed by atoms with Gasteiger partial charge in [-0.15, -0.1) is 0 Å². The number of para-hydroxylation sites is 4. The van der Waals surface area contributed by atoms with Crippen LogP contribution in [0.2, 0.25) is 0 Å². The molecule has 12 aromatic carbocycles. The average molecular weight is 1500 g/mol. The van der Waals surface area contributed by atoms with E-state index in [1.54, 1.807) is 193 Å². The van der Waals surface area contributed by atoms with Gasteiger partial charge in [-0.3, -0.25) is 18.7 Å². The highest BCUT2D eigenvalue weighted by atomic mass is 19.4. The number of hydrogen-bond acceptors (Lipinski definition) is 8. The summed E-state index contributed by atoms with van der Waals surface area (Å²) in [7, 11) is 0. The number of anilines is 4. The van der Waals surface area contributed by atoms with Gasteiger partial charge in [0.1, 0.15) is 34.6 Å². The predicted octanol–water partition coefficient (Wildman–Crippen LogP) is 24.4. The lowest BCUT2D eigenvalue weighted by molar-refractivity contribution is -0.290. The number of carbonyl (C=O) groups excluding carboxylic acids is 2. The Morgan fingerprint density at radius 1 is 0.391 bits per heavy atom. The number of halogens is 12. The van der Waals surface area contributed by atoms with E-state index in [1.807, 2.05) is 31.2 Å². The minimum atomic E-state index is -5.84. The summed E-state index contributed by atoms with van der Waals surface area (Å²) in [6.45, 7) is 6.70. The molecule has 0 aliphatic rings. The van der Waals surface area contributed by atoms with Gasteiger partial charge in [0.25, 0.3) is 0 Å². The summed E-state index contributed by atoms with van der Waals surface area (Å²) in [4.78, 5) is 34.4. The fraction of sp³-hybridized carbons (Fsp3) is 0.136. The molecule has 0 atom stereocenters. The molecule has 0 radical (unpaired) electrons. The molecule has 0 saturated carbocycles. The van der Waals surface area contributed by atoms with E-state index in [1.165, 1.54) is 49.4 Å². The first-order valence-corrected chi connectivity index (χ1v) is 34.6.